The number of aliphatic hydroxyl groups is 1. The van der Waals surface area contributed by atoms with Crippen LogP contribution in [0.25, 0.3) is 0 Å². The predicted octanol–water partition coefficient (Wildman–Crippen LogP) is 1.01. The molecule has 0 unspecified atom stereocenters. The number of rotatable bonds is 2. The summed E-state index contributed by atoms with van der Waals surface area (Å²) in [6.45, 7) is 0.0758. The van der Waals surface area contributed by atoms with Gasteiger partial charge in [0.05, 0.1) is 13.7 Å². The normalized spacial score (nSPS) is 9.00. The summed E-state index contributed by atoms with van der Waals surface area (Å²) in [5.41, 5.74) is 7.07. The van der Waals surface area contributed by atoms with Gasteiger partial charge in [-0.1, -0.05) is 11.8 Å². The molecule has 0 aliphatic carbocycles. The number of hydrogen-bond donors (Lipinski definition) is 2. The zero-order valence-corrected chi connectivity index (χ0v) is 8.08. The summed E-state index contributed by atoms with van der Waals surface area (Å²) in [4.78, 5) is 0. The molecule has 0 aliphatic rings. The first kappa shape index (κ1) is 10.4. The van der Waals surface area contributed by atoms with Crippen molar-refractivity contribution in [2.75, 3.05) is 19.5 Å². The number of nitrogens with two attached hydrogens (primary N) is 1. The van der Waals surface area contributed by atoms with E-state index in [0.717, 1.165) is 5.56 Å². The van der Waals surface area contributed by atoms with E-state index in [2.05, 4.69) is 11.8 Å². The average Bonchev–Trinajstić information content (AvgIpc) is 2.17. The van der Waals surface area contributed by atoms with Crippen LogP contribution < -0.4 is 10.5 Å². The third-order valence-electron chi connectivity index (χ3n) is 1.63. The van der Waals surface area contributed by atoms with E-state index in [-0.39, 0.29) is 6.61 Å². The average molecular weight is 191 g/mol. The molecule has 0 saturated heterocycles. The Morgan fingerprint density at radius 3 is 2.86 bits per heavy atom. The standard InChI is InChI=1S/C11H13NO2/c1-14-11-7-9(4-2-3-5-13)6-10(12)8-11/h6-8,13H,3,5,12H2,1H3. The van der Waals surface area contributed by atoms with Crippen molar-refractivity contribution in [3.05, 3.63) is 23.8 Å². The summed E-state index contributed by atoms with van der Waals surface area (Å²) in [7, 11) is 1.58. The molecule has 0 amide bonds. The highest BCUT2D eigenvalue weighted by Crippen LogP contribution is 2.17. The van der Waals surface area contributed by atoms with Crippen molar-refractivity contribution < 1.29 is 9.84 Å². The Morgan fingerprint density at radius 2 is 2.21 bits per heavy atom. The van der Waals surface area contributed by atoms with E-state index in [0.29, 0.717) is 17.9 Å². The molecule has 3 nitrogen and oxygen atoms in total. The third-order valence-corrected chi connectivity index (χ3v) is 1.63. The van der Waals surface area contributed by atoms with Crippen molar-refractivity contribution in [1.29, 1.82) is 0 Å². The van der Waals surface area contributed by atoms with E-state index in [4.69, 9.17) is 15.6 Å². The molecule has 0 bridgehead atoms. The molecular formula is C11H13NO2. The molecule has 0 saturated carbocycles. The maximum Gasteiger partial charge on any atom is 0.122 e. The lowest BCUT2D eigenvalue weighted by Crippen LogP contribution is -1.90. The van der Waals surface area contributed by atoms with E-state index >= 15 is 0 Å². The van der Waals surface area contributed by atoms with E-state index in [1.807, 2.05) is 0 Å². The molecule has 1 aromatic carbocycles. The first-order valence-electron chi connectivity index (χ1n) is 4.30. The Labute approximate surface area is 83.5 Å². The van der Waals surface area contributed by atoms with Gasteiger partial charge in [-0.3, -0.25) is 0 Å². The van der Waals surface area contributed by atoms with Crippen molar-refractivity contribution in [2.45, 2.75) is 6.42 Å². The number of aliphatic hydroxyl groups excluding tert-OH is 1. The van der Waals surface area contributed by atoms with Crippen LogP contribution in [0.3, 0.4) is 0 Å². The summed E-state index contributed by atoms with van der Waals surface area (Å²) >= 11 is 0. The second kappa shape index (κ2) is 5.15. The van der Waals surface area contributed by atoms with Gasteiger partial charge in [0.15, 0.2) is 0 Å². The number of nitrogen functional groups attached to an aromatic ring is 1. The minimum absolute atomic E-state index is 0.0758. The SMILES string of the molecule is COc1cc(N)cc(C#CCCO)c1. The molecule has 0 aliphatic heterocycles. The predicted molar refractivity (Wildman–Crippen MR) is 56.0 cm³/mol. The van der Waals surface area contributed by atoms with Gasteiger partial charge in [0.1, 0.15) is 5.75 Å². The van der Waals surface area contributed by atoms with Crippen molar-refractivity contribution in [1.82, 2.24) is 0 Å². The first-order chi connectivity index (χ1) is 6.76. The fraction of sp³-hybridized carbons (Fsp3) is 0.273. The summed E-state index contributed by atoms with van der Waals surface area (Å²) in [5, 5.41) is 8.55. The van der Waals surface area contributed by atoms with Gasteiger partial charge in [-0.05, 0) is 12.1 Å². The molecule has 3 heteroatoms. The van der Waals surface area contributed by atoms with Crippen LogP contribution in [-0.4, -0.2) is 18.8 Å². The second-order valence-electron chi connectivity index (χ2n) is 2.77. The van der Waals surface area contributed by atoms with Gasteiger partial charge in [-0.2, -0.15) is 0 Å². The van der Waals surface area contributed by atoms with Crippen LogP contribution in [0.1, 0.15) is 12.0 Å². The fourth-order valence-corrected chi connectivity index (χ4v) is 1.03. The summed E-state index contributed by atoms with van der Waals surface area (Å²) in [6.07, 6.45) is 0.469. The van der Waals surface area contributed by atoms with Crippen molar-refractivity contribution in [3.8, 4) is 17.6 Å². The topological polar surface area (TPSA) is 55.5 Å². The van der Waals surface area contributed by atoms with E-state index in [9.17, 15) is 0 Å². The zero-order valence-electron chi connectivity index (χ0n) is 8.08. The van der Waals surface area contributed by atoms with E-state index < -0.39 is 0 Å². The van der Waals surface area contributed by atoms with Crippen LogP contribution >= 0.6 is 0 Å². The van der Waals surface area contributed by atoms with Gasteiger partial charge >= 0.3 is 0 Å². The van der Waals surface area contributed by atoms with Crippen LogP contribution in [0.5, 0.6) is 5.75 Å². The summed E-state index contributed by atoms with van der Waals surface area (Å²) < 4.78 is 5.04. The molecule has 1 rings (SSSR count). The summed E-state index contributed by atoms with van der Waals surface area (Å²) in [6, 6.07) is 5.31. The highest BCUT2D eigenvalue weighted by molar-refractivity contribution is 5.52. The molecule has 1 aromatic rings. The van der Waals surface area contributed by atoms with Crippen LogP contribution in [0.15, 0.2) is 18.2 Å². The minimum atomic E-state index is 0.0758. The molecular weight excluding hydrogens is 178 g/mol. The second-order valence-corrected chi connectivity index (χ2v) is 2.77. The molecule has 0 aromatic heterocycles. The minimum Gasteiger partial charge on any atom is -0.497 e. The summed E-state index contributed by atoms with van der Waals surface area (Å²) in [5.74, 6) is 6.40. The lowest BCUT2D eigenvalue weighted by Gasteiger charge is -2.01. The zero-order chi connectivity index (χ0) is 10.4. The Morgan fingerprint density at radius 1 is 1.43 bits per heavy atom. The fourth-order valence-electron chi connectivity index (χ4n) is 1.03. The van der Waals surface area contributed by atoms with Crippen molar-refractivity contribution >= 4 is 5.69 Å². The van der Waals surface area contributed by atoms with Gasteiger partial charge in [0, 0.05) is 23.7 Å². The molecule has 14 heavy (non-hydrogen) atoms. The van der Waals surface area contributed by atoms with Gasteiger partial charge in [-0.25, -0.2) is 0 Å². The van der Waals surface area contributed by atoms with Crippen molar-refractivity contribution in [2.24, 2.45) is 0 Å². The molecule has 0 fully saturated rings. The van der Waals surface area contributed by atoms with Crippen LogP contribution in [-0.2, 0) is 0 Å². The highest BCUT2D eigenvalue weighted by Gasteiger charge is 1.95. The number of ether oxygens (including phenoxy) is 1. The van der Waals surface area contributed by atoms with E-state index in [1.54, 1.807) is 25.3 Å². The molecule has 0 spiro atoms. The number of anilines is 1. The lowest BCUT2D eigenvalue weighted by atomic mass is 10.2. The van der Waals surface area contributed by atoms with E-state index in [1.165, 1.54) is 0 Å². The Balaban J connectivity index is 2.88. The molecule has 0 heterocycles. The molecule has 0 radical (unpaired) electrons. The highest BCUT2D eigenvalue weighted by atomic mass is 16.5. The Kier molecular flexibility index (Phi) is 3.84. The largest absolute Gasteiger partial charge is 0.497 e. The van der Waals surface area contributed by atoms with Gasteiger partial charge < -0.3 is 15.6 Å². The van der Waals surface area contributed by atoms with Crippen molar-refractivity contribution in [3.63, 3.8) is 0 Å². The lowest BCUT2D eigenvalue weighted by molar-refractivity contribution is 0.305. The Hall–Kier alpha value is -1.66. The van der Waals surface area contributed by atoms with Gasteiger partial charge in [0.2, 0.25) is 0 Å². The molecule has 3 N–H and O–H groups in total. The Bertz CT molecular complexity index is 363. The van der Waals surface area contributed by atoms with Crippen LogP contribution in [0.4, 0.5) is 5.69 Å². The molecule has 74 valence electrons. The molecule has 0 atom stereocenters. The maximum absolute atomic E-state index is 8.55. The quantitative estimate of drug-likeness (QED) is 0.542. The maximum atomic E-state index is 8.55. The number of methoxy groups -OCH3 is 1. The van der Waals surface area contributed by atoms with Gasteiger partial charge in [0.25, 0.3) is 0 Å². The first-order valence-corrected chi connectivity index (χ1v) is 4.30. The third kappa shape index (κ3) is 3.00. The van der Waals surface area contributed by atoms with Crippen LogP contribution in [0, 0.1) is 11.8 Å². The number of benzene rings is 1. The number of hydrogen-bond acceptors (Lipinski definition) is 3. The monoisotopic (exact) mass is 191 g/mol. The van der Waals surface area contributed by atoms with Gasteiger partial charge in [-0.15, -0.1) is 0 Å². The smallest absolute Gasteiger partial charge is 0.122 e. The van der Waals surface area contributed by atoms with Crippen LogP contribution in [0.2, 0.25) is 0 Å².